The van der Waals surface area contributed by atoms with Crippen LogP contribution in [0.2, 0.25) is 0 Å². The number of nitrogens with one attached hydrogen (secondary N) is 1. The Kier molecular flexibility index (Phi) is 6.69. The van der Waals surface area contributed by atoms with Gasteiger partial charge in [0.15, 0.2) is 11.8 Å². The van der Waals surface area contributed by atoms with Crippen LogP contribution in [-0.4, -0.2) is 48.8 Å². The van der Waals surface area contributed by atoms with Gasteiger partial charge in [-0.05, 0) is 36.3 Å². The molecule has 0 unspecified atom stereocenters. The maximum absolute atomic E-state index is 14.5. The lowest BCUT2D eigenvalue weighted by Crippen LogP contribution is -2.44. The minimum Gasteiger partial charge on any atom is -0.298 e. The van der Waals surface area contributed by atoms with E-state index in [0.717, 1.165) is 53.6 Å². The van der Waals surface area contributed by atoms with Crippen molar-refractivity contribution in [2.45, 2.75) is 19.4 Å². The van der Waals surface area contributed by atoms with Gasteiger partial charge in [-0.1, -0.05) is 67.2 Å². The lowest BCUT2D eigenvalue weighted by Gasteiger charge is -2.38. The number of rotatable bonds is 7. The van der Waals surface area contributed by atoms with E-state index in [2.05, 4.69) is 55.9 Å². The van der Waals surface area contributed by atoms with Crippen molar-refractivity contribution in [3.05, 3.63) is 132 Å². The number of halogens is 1. The number of allylic oxidation sites excluding steroid dienone is 2. The van der Waals surface area contributed by atoms with E-state index in [0.29, 0.717) is 17.6 Å². The van der Waals surface area contributed by atoms with Crippen molar-refractivity contribution >= 4 is 11.3 Å². The maximum Gasteiger partial charge on any atom is 0.199 e. The zero-order valence-electron chi connectivity index (χ0n) is 21.6. The van der Waals surface area contributed by atoms with Crippen molar-refractivity contribution in [3.63, 3.8) is 0 Å². The third-order valence-electron chi connectivity index (χ3n) is 6.96. The Morgan fingerprint density at radius 2 is 1.79 bits per heavy atom. The van der Waals surface area contributed by atoms with Gasteiger partial charge in [0.1, 0.15) is 17.3 Å². The van der Waals surface area contributed by atoms with Crippen molar-refractivity contribution in [2.75, 3.05) is 13.1 Å². The van der Waals surface area contributed by atoms with E-state index in [9.17, 15) is 4.39 Å². The van der Waals surface area contributed by atoms with E-state index < -0.39 is 5.95 Å². The zero-order chi connectivity index (χ0) is 26.8. The molecule has 2 aromatic heterocycles. The summed E-state index contributed by atoms with van der Waals surface area (Å²) in [5.74, 6) is 1.80. The van der Waals surface area contributed by atoms with Crippen LogP contribution in [0, 0.1) is 0 Å². The molecule has 8 heteroatoms. The highest BCUT2D eigenvalue weighted by Gasteiger charge is 2.31. The number of hydrogen-bond donors (Lipinski definition) is 1. The molecule has 7 nitrogen and oxygen atoms in total. The Hall–Kier alpha value is -4.69. The minimum absolute atomic E-state index is 0.330. The summed E-state index contributed by atoms with van der Waals surface area (Å²) in [4.78, 5) is 17.5. The molecule has 0 atom stereocenters. The third kappa shape index (κ3) is 5.06. The summed E-state index contributed by atoms with van der Waals surface area (Å²) < 4.78 is 14.5. The molecule has 1 N–H and O–H groups in total. The van der Waals surface area contributed by atoms with Crippen LogP contribution >= 0.6 is 0 Å². The van der Waals surface area contributed by atoms with E-state index in [1.54, 1.807) is 19.3 Å². The molecule has 2 aliphatic rings. The summed E-state index contributed by atoms with van der Waals surface area (Å²) in [6, 6.07) is 24.0. The summed E-state index contributed by atoms with van der Waals surface area (Å²) in [5.41, 5.74) is 5.53. The van der Waals surface area contributed by atoms with Gasteiger partial charge in [0.05, 0.1) is 5.71 Å². The smallest absolute Gasteiger partial charge is 0.199 e. The second-order valence-corrected chi connectivity index (χ2v) is 9.61. The van der Waals surface area contributed by atoms with Gasteiger partial charge in [-0.15, -0.1) is 0 Å². The molecule has 0 amide bonds. The van der Waals surface area contributed by atoms with Crippen LogP contribution in [0.25, 0.3) is 17.1 Å². The SMILES string of the molecule is C=C1N=C(c2ccc(CN3CC(c4nc(-c5ccccn5)n[nH]4)C3)cc2)C(c2ccccc2)=CN1/C(F)=C\C. The predicted octanol–water partition coefficient (Wildman–Crippen LogP) is 5.91. The Balaban J connectivity index is 1.14. The molecule has 0 bridgehead atoms. The zero-order valence-corrected chi connectivity index (χ0v) is 21.6. The van der Waals surface area contributed by atoms with Gasteiger partial charge in [0, 0.05) is 49.1 Å². The summed E-state index contributed by atoms with van der Waals surface area (Å²) in [6.07, 6.45) is 4.92. The van der Waals surface area contributed by atoms with Crippen LogP contribution in [0.4, 0.5) is 4.39 Å². The maximum atomic E-state index is 14.5. The van der Waals surface area contributed by atoms with E-state index in [-0.39, 0.29) is 0 Å². The number of hydrogen-bond acceptors (Lipinski definition) is 6. The average Bonchev–Trinajstić information content (AvgIpc) is 3.45. The predicted molar refractivity (Wildman–Crippen MR) is 151 cm³/mol. The van der Waals surface area contributed by atoms with Gasteiger partial charge in [-0.25, -0.2) is 9.98 Å². The molecule has 2 aliphatic heterocycles. The number of nitrogens with zero attached hydrogens (tertiary/aromatic N) is 6. The monoisotopic (exact) mass is 517 g/mol. The Morgan fingerprint density at radius 3 is 2.51 bits per heavy atom. The van der Waals surface area contributed by atoms with Gasteiger partial charge >= 0.3 is 0 Å². The van der Waals surface area contributed by atoms with Crippen LogP contribution in [0.15, 0.2) is 115 Å². The van der Waals surface area contributed by atoms with Crippen LogP contribution in [0.5, 0.6) is 0 Å². The molecule has 2 aromatic carbocycles. The third-order valence-corrected chi connectivity index (χ3v) is 6.96. The highest BCUT2D eigenvalue weighted by molar-refractivity contribution is 6.32. The van der Waals surface area contributed by atoms with Gasteiger partial charge in [-0.2, -0.15) is 9.49 Å². The molecular formula is C31H28FN7. The first-order valence-electron chi connectivity index (χ1n) is 12.9. The Bertz CT molecular complexity index is 1560. The topological polar surface area (TPSA) is 73.3 Å². The molecule has 6 rings (SSSR count). The summed E-state index contributed by atoms with van der Waals surface area (Å²) in [7, 11) is 0. The first-order valence-corrected chi connectivity index (χ1v) is 12.9. The van der Waals surface area contributed by atoms with E-state index in [1.807, 2.05) is 48.5 Å². The normalized spacial score (nSPS) is 16.6. The first-order chi connectivity index (χ1) is 19.1. The van der Waals surface area contributed by atoms with Crippen LogP contribution in [0.3, 0.4) is 0 Å². The number of aromatic amines is 1. The molecule has 39 heavy (non-hydrogen) atoms. The fourth-order valence-electron chi connectivity index (χ4n) is 4.85. The quantitative estimate of drug-likeness (QED) is 0.309. The lowest BCUT2D eigenvalue weighted by molar-refractivity contribution is 0.135. The molecule has 0 aliphatic carbocycles. The number of aromatic nitrogens is 4. The number of pyridine rings is 1. The van der Waals surface area contributed by atoms with Crippen molar-refractivity contribution in [1.82, 2.24) is 30.0 Å². The molecular weight excluding hydrogens is 489 g/mol. The number of likely N-dealkylation sites (tertiary alicyclic amines) is 1. The average molecular weight is 518 g/mol. The molecule has 0 radical (unpaired) electrons. The van der Waals surface area contributed by atoms with Gasteiger partial charge in [0.2, 0.25) is 0 Å². The summed E-state index contributed by atoms with van der Waals surface area (Å²) >= 11 is 0. The van der Waals surface area contributed by atoms with Crippen molar-refractivity contribution < 1.29 is 4.39 Å². The van der Waals surface area contributed by atoms with Gasteiger partial charge < -0.3 is 0 Å². The van der Waals surface area contributed by atoms with Crippen LogP contribution in [-0.2, 0) is 6.54 Å². The largest absolute Gasteiger partial charge is 0.298 e. The molecule has 1 fully saturated rings. The molecule has 0 spiro atoms. The molecule has 4 aromatic rings. The highest BCUT2D eigenvalue weighted by Crippen LogP contribution is 2.31. The molecule has 4 heterocycles. The number of aliphatic imine (C=N–C) groups is 1. The summed E-state index contributed by atoms with van der Waals surface area (Å²) in [5, 5.41) is 7.42. The molecule has 0 saturated carbocycles. The minimum atomic E-state index is -0.405. The van der Waals surface area contributed by atoms with E-state index >= 15 is 0 Å². The number of benzene rings is 2. The fourth-order valence-corrected chi connectivity index (χ4v) is 4.85. The number of H-pyrrole nitrogens is 1. The second-order valence-electron chi connectivity index (χ2n) is 9.61. The highest BCUT2D eigenvalue weighted by atomic mass is 19.1. The Morgan fingerprint density at radius 1 is 1.03 bits per heavy atom. The van der Waals surface area contributed by atoms with Gasteiger partial charge in [0.25, 0.3) is 0 Å². The van der Waals surface area contributed by atoms with Crippen molar-refractivity contribution in [2.24, 2.45) is 4.99 Å². The van der Waals surface area contributed by atoms with E-state index in [1.165, 1.54) is 16.5 Å². The van der Waals surface area contributed by atoms with Crippen molar-refractivity contribution in [1.29, 1.82) is 0 Å². The van der Waals surface area contributed by atoms with Crippen LogP contribution < -0.4 is 0 Å². The fraction of sp³-hybridized carbons (Fsp3) is 0.161. The van der Waals surface area contributed by atoms with Crippen molar-refractivity contribution in [3.8, 4) is 11.5 Å². The molecule has 1 saturated heterocycles. The van der Waals surface area contributed by atoms with Crippen LogP contribution in [0.1, 0.15) is 35.4 Å². The second kappa shape index (κ2) is 10.6. The molecule has 194 valence electrons. The Labute approximate surface area is 226 Å². The first kappa shape index (κ1) is 24.6. The summed E-state index contributed by atoms with van der Waals surface area (Å²) in [6.45, 7) is 8.32. The lowest BCUT2D eigenvalue weighted by atomic mass is 9.94. The van der Waals surface area contributed by atoms with E-state index in [4.69, 9.17) is 4.99 Å². The van der Waals surface area contributed by atoms with Gasteiger partial charge in [-0.3, -0.25) is 19.9 Å². The standard InChI is InChI=1S/C31H28FN7/c1-3-28(32)39-20-26(23-9-5-4-6-10-23)29(34-21(39)2)24-14-12-22(13-15-24)17-38-18-25(19-38)30-35-31(37-36-30)27-11-7-8-16-33-27/h3-16,20,25H,2,17-19H2,1H3,(H,35,36,37)/b28-3-.